The van der Waals surface area contributed by atoms with Gasteiger partial charge in [-0.25, -0.2) is 9.97 Å². The van der Waals surface area contributed by atoms with E-state index in [-0.39, 0.29) is 0 Å². The summed E-state index contributed by atoms with van der Waals surface area (Å²) in [6, 6.07) is 1.82. The van der Waals surface area contributed by atoms with Gasteiger partial charge < -0.3 is 25.2 Å². The number of nitrogens with zero attached hydrogens (tertiary/aromatic N) is 2. The van der Waals surface area contributed by atoms with Crippen molar-refractivity contribution in [2.75, 3.05) is 44.0 Å². The molecular formula is C14H24N4O3. The maximum atomic E-state index is 10.4. The van der Waals surface area contributed by atoms with E-state index in [0.29, 0.717) is 57.5 Å². The smallest absolute Gasteiger partial charge is 0.158 e. The second-order valence-electron chi connectivity index (χ2n) is 5.13. The van der Waals surface area contributed by atoms with Crippen LogP contribution in [0, 0.1) is 0 Å². The largest absolute Gasteiger partial charge is 0.388 e. The first-order chi connectivity index (χ1) is 10.1. The molecule has 0 aliphatic carbocycles. The van der Waals surface area contributed by atoms with E-state index in [9.17, 15) is 5.11 Å². The number of aromatic nitrogens is 2. The van der Waals surface area contributed by atoms with Crippen molar-refractivity contribution < 1.29 is 14.6 Å². The Kier molecular flexibility index (Phi) is 5.72. The van der Waals surface area contributed by atoms with Gasteiger partial charge >= 0.3 is 0 Å². The fraction of sp³-hybridized carbons (Fsp3) is 0.714. The number of anilines is 2. The van der Waals surface area contributed by atoms with Crippen LogP contribution in [0.3, 0.4) is 0 Å². The van der Waals surface area contributed by atoms with Crippen LogP contribution >= 0.6 is 0 Å². The van der Waals surface area contributed by atoms with E-state index in [1.165, 1.54) is 0 Å². The molecule has 7 heteroatoms. The van der Waals surface area contributed by atoms with Crippen molar-refractivity contribution >= 4 is 11.6 Å². The second kappa shape index (κ2) is 7.53. The monoisotopic (exact) mass is 296 g/mol. The Bertz CT molecular complexity index is 450. The molecule has 0 radical (unpaired) electrons. The predicted octanol–water partition coefficient (Wildman–Crippen LogP) is 1.01. The van der Waals surface area contributed by atoms with E-state index in [1.54, 1.807) is 0 Å². The van der Waals surface area contributed by atoms with E-state index >= 15 is 0 Å². The van der Waals surface area contributed by atoms with Gasteiger partial charge in [-0.05, 0) is 6.92 Å². The number of hydrogen-bond acceptors (Lipinski definition) is 7. The average molecular weight is 296 g/mol. The molecule has 0 bridgehead atoms. The normalized spacial score (nSPS) is 17.5. The minimum atomic E-state index is -0.733. The average Bonchev–Trinajstić information content (AvgIpc) is 2.51. The molecule has 2 heterocycles. The standard InChI is InChI=1S/C14H24N4O3/c1-3-20-9-13-17-11(15-2)8-12(18-13)16-10-14(19)4-6-21-7-5-14/h8,19H,3-7,9-10H2,1-2H3,(H2,15,16,17,18). The quantitative estimate of drug-likeness (QED) is 0.692. The number of hydrogen-bond donors (Lipinski definition) is 3. The molecule has 2 rings (SSSR count). The summed E-state index contributed by atoms with van der Waals surface area (Å²) < 4.78 is 10.6. The van der Waals surface area contributed by atoms with E-state index in [1.807, 2.05) is 20.0 Å². The highest BCUT2D eigenvalue weighted by Crippen LogP contribution is 2.21. The van der Waals surface area contributed by atoms with Crippen molar-refractivity contribution in [2.45, 2.75) is 32.0 Å². The molecule has 0 saturated carbocycles. The molecule has 1 aromatic heterocycles. The first kappa shape index (κ1) is 15.9. The molecule has 1 aliphatic rings. The molecule has 118 valence electrons. The molecule has 1 saturated heterocycles. The van der Waals surface area contributed by atoms with Crippen molar-refractivity contribution in [1.82, 2.24) is 9.97 Å². The summed E-state index contributed by atoms with van der Waals surface area (Å²) in [4.78, 5) is 8.74. The van der Waals surface area contributed by atoms with Crippen LogP contribution in [0.2, 0.25) is 0 Å². The highest BCUT2D eigenvalue weighted by Gasteiger charge is 2.29. The fourth-order valence-electron chi connectivity index (χ4n) is 2.16. The molecule has 21 heavy (non-hydrogen) atoms. The van der Waals surface area contributed by atoms with Gasteiger partial charge in [0.05, 0.1) is 5.60 Å². The topological polar surface area (TPSA) is 88.5 Å². The molecule has 0 amide bonds. The summed E-state index contributed by atoms with van der Waals surface area (Å²) in [5, 5.41) is 16.6. The third kappa shape index (κ3) is 4.80. The third-order valence-electron chi connectivity index (χ3n) is 3.49. The van der Waals surface area contributed by atoms with Crippen LogP contribution in [0.1, 0.15) is 25.6 Å². The molecular weight excluding hydrogens is 272 g/mol. The van der Waals surface area contributed by atoms with E-state index in [4.69, 9.17) is 9.47 Å². The molecule has 0 unspecified atom stereocenters. The van der Waals surface area contributed by atoms with Gasteiger partial charge in [0.25, 0.3) is 0 Å². The molecule has 0 atom stereocenters. The number of ether oxygens (including phenoxy) is 2. The van der Waals surface area contributed by atoms with Gasteiger partial charge in [-0.2, -0.15) is 0 Å². The Hall–Kier alpha value is -1.44. The SMILES string of the molecule is CCOCc1nc(NC)cc(NCC2(O)CCOCC2)n1. The lowest BCUT2D eigenvalue weighted by Gasteiger charge is -2.32. The van der Waals surface area contributed by atoms with Gasteiger partial charge in [0.15, 0.2) is 5.82 Å². The Balaban J connectivity index is 2.00. The number of nitrogens with one attached hydrogen (secondary N) is 2. The maximum absolute atomic E-state index is 10.4. The highest BCUT2D eigenvalue weighted by molar-refractivity contribution is 5.47. The van der Waals surface area contributed by atoms with Crippen LogP contribution in [-0.2, 0) is 16.1 Å². The van der Waals surface area contributed by atoms with Crippen LogP contribution in [0.4, 0.5) is 11.6 Å². The lowest BCUT2D eigenvalue weighted by atomic mass is 9.94. The molecule has 1 fully saturated rings. The van der Waals surface area contributed by atoms with Gasteiger partial charge in [-0.15, -0.1) is 0 Å². The van der Waals surface area contributed by atoms with Crippen molar-refractivity contribution in [3.05, 3.63) is 11.9 Å². The summed E-state index contributed by atoms with van der Waals surface area (Å²) in [7, 11) is 1.81. The molecule has 1 aromatic rings. The van der Waals surface area contributed by atoms with E-state index in [2.05, 4.69) is 20.6 Å². The van der Waals surface area contributed by atoms with Crippen LogP contribution in [0.15, 0.2) is 6.07 Å². The zero-order chi connectivity index (χ0) is 15.1. The van der Waals surface area contributed by atoms with Crippen LogP contribution in [-0.4, -0.2) is 54.1 Å². The Labute approximate surface area is 125 Å². The summed E-state index contributed by atoms with van der Waals surface area (Å²) in [6.07, 6.45) is 1.27. The van der Waals surface area contributed by atoms with Gasteiger partial charge in [0, 0.05) is 52.3 Å². The predicted molar refractivity (Wildman–Crippen MR) is 80.4 cm³/mol. The number of aliphatic hydroxyl groups is 1. The minimum absolute atomic E-state index is 0.374. The molecule has 3 N–H and O–H groups in total. The first-order valence-corrected chi connectivity index (χ1v) is 7.32. The van der Waals surface area contributed by atoms with Crippen molar-refractivity contribution in [3.8, 4) is 0 Å². The van der Waals surface area contributed by atoms with E-state index in [0.717, 1.165) is 5.82 Å². The Morgan fingerprint density at radius 3 is 2.71 bits per heavy atom. The summed E-state index contributed by atoms with van der Waals surface area (Å²) in [5.41, 5.74) is -0.733. The second-order valence-corrected chi connectivity index (χ2v) is 5.13. The zero-order valence-electron chi connectivity index (χ0n) is 12.7. The lowest BCUT2D eigenvalue weighted by Crippen LogP contribution is -2.42. The van der Waals surface area contributed by atoms with Crippen molar-refractivity contribution in [2.24, 2.45) is 0 Å². The summed E-state index contributed by atoms with van der Waals surface area (Å²) in [6.45, 7) is 4.57. The fourth-order valence-corrected chi connectivity index (χ4v) is 2.16. The zero-order valence-corrected chi connectivity index (χ0v) is 12.7. The van der Waals surface area contributed by atoms with Gasteiger partial charge in [0.1, 0.15) is 18.2 Å². The Morgan fingerprint density at radius 1 is 1.33 bits per heavy atom. The van der Waals surface area contributed by atoms with Crippen LogP contribution in [0.5, 0.6) is 0 Å². The first-order valence-electron chi connectivity index (χ1n) is 7.32. The Morgan fingerprint density at radius 2 is 2.05 bits per heavy atom. The maximum Gasteiger partial charge on any atom is 0.158 e. The highest BCUT2D eigenvalue weighted by atomic mass is 16.5. The summed E-state index contributed by atoms with van der Waals surface area (Å²) >= 11 is 0. The number of rotatable bonds is 7. The molecule has 0 aromatic carbocycles. The molecule has 1 aliphatic heterocycles. The van der Waals surface area contributed by atoms with Crippen LogP contribution < -0.4 is 10.6 Å². The summed E-state index contributed by atoms with van der Waals surface area (Å²) in [5.74, 6) is 2.02. The van der Waals surface area contributed by atoms with Crippen molar-refractivity contribution in [1.29, 1.82) is 0 Å². The lowest BCUT2D eigenvalue weighted by molar-refractivity contribution is -0.0543. The molecule has 7 nitrogen and oxygen atoms in total. The van der Waals surface area contributed by atoms with E-state index < -0.39 is 5.60 Å². The van der Waals surface area contributed by atoms with Crippen molar-refractivity contribution in [3.63, 3.8) is 0 Å². The van der Waals surface area contributed by atoms with Gasteiger partial charge in [-0.1, -0.05) is 0 Å². The van der Waals surface area contributed by atoms with Gasteiger partial charge in [-0.3, -0.25) is 0 Å². The van der Waals surface area contributed by atoms with Gasteiger partial charge in [0.2, 0.25) is 0 Å². The molecule has 0 spiro atoms. The minimum Gasteiger partial charge on any atom is -0.388 e. The third-order valence-corrected chi connectivity index (χ3v) is 3.49. The van der Waals surface area contributed by atoms with Crippen LogP contribution in [0.25, 0.3) is 0 Å².